The highest BCUT2D eigenvalue weighted by atomic mass is 35.5. The number of hydrogen-bond donors (Lipinski definition) is 2. The minimum absolute atomic E-state index is 0.0354. The minimum atomic E-state index is 0.0354. The monoisotopic (exact) mass is 408 g/mol. The summed E-state index contributed by atoms with van der Waals surface area (Å²) in [5, 5.41) is 8.21. The first-order chi connectivity index (χ1) is 14.2. The number of H-pyrrole nitrogens is 1. The largest absolute Gasteiger partial charge is 0.341 e. The van der Waals surface area contributed by atoms with Crippen molar-refractivity contribution in [2.45, 2.75) is 25.9 Å². The van der Waals surface area contributed by atoms with Gasteiger partial charge in [-0.1, -0.05) is 23.7 Å². The van der Waals surface area contributed by atoms with E-state index < -0.39 is 0 Å². The van der Waals surface area contributed by atoms with Crippen LogP contribution < -0.4 is 5.32 Å². The van der Waals surface area contributed by atoms with Crippen LogP contribution in [0.2, 0.25) is 5.02 Å². The fraction of sp³-hybridized carbons (Fsp3) is 0.238. The summed E-state index contributed by atoms with van der Waals surface area (Å²) in [5.41, 5.74) is 3.34. The Labute approximate surface area is 173 Å². The van der Waals surface area contributed by atoms with Gasteiger partial charge < -0.3 is 10.3 Å². The van der Waals surface area contributed by atoms with Crippen LogP contribution in [-0.4, -0.2) is 37.1 Å². The third-order valence-corrected chi connectivity index (χ3v) is 4.97. The molecule has 0 amide bonds. The van der Waals surface area contributed by atoms with E-state index in [1.54, 1.807) is 35.4 Å². The SMILES string of the molecule is O=C(CCc1ncccc1Cl)c1cnn(CCNCc2nc3ccccc3[nH]2)c1. The van der Waals surface area contributed by atoms with Crippen molar-refractivity contribution in [1.82, 2.24) is 30.0 Å². The van der Waals surface area contributed by atoms with E-state index in [0.29, 0.717) is 36.5 Å². The molecule has 0 aliphatic rings. The number of aryl methyl sites for hydroxylation is 1. The standard InChI is InChI=1S/C21H21ClN6O/c22-16-4-3-9-24-17(16)7-8-20(29)15-12-25-28(14-15)11-10-23-13-21-26-18-5-1-2-6-19(18)27-21/h1-6,9,12,14,23H,7-8,10-11,13H2,(H,26,27). The van der Waals surface area contributed by atoms with Gasteiger partial charge in [-0.3, -0.25) is 14.5 Å². The number of carbonyl (C=O) groups excluding carboxylic acids is 1. The number of Topliss-reactive ketones (excluding diaryl/α,β-unsaturated/α-hetero) is 1. The van der Waals surface area contributed by atoms with Gasteiger partial charge >= 0.3 is 0 Å². The average Bonchev–Trinajstić information content (AvgIpc) is 3.37. The molecule has 4 aromatic rings. The molecule has 8 heteroatoms. The predicted octanol–water partition coefficient (Wildman–Crippen LogP) is 3.41. The molecule has 0 atom stereocenters. The second-order valence-electron chi connectivity index (χ2n) is 6.72. The van der Waals surface area contributed by atoms with Crippen LogP contribution in [0.5, 0.6) is 0 Å². The molecule has 1 aromatic carbocycles. The number of benzene rings is 1. The van der Waals surface area contributed by atoms with E-state index in [-0.39, 0.29) is 5.78 Å². The van der Waals surface area contributed by atoms with Crippen LogP contribution in [0.4, 0.5) is 0 Å². The fourth-order valence-corrected chi connectivity index (χ4v) is 3.31. The summed E-state index contributed by atoms with van der Waals surface area (Å²) < 4.78 is 1.77. The Morgan fingerprint density at radius 2 is 2.10 bits per heavy atom. The second kappa shape index (κ2) is 8.98. The Balaban J connectivity index is 1.23. The number of aromatic nitrogens is 5. The predicted molar refractivity (Wildman–Crippen MR) is 112 cm³/mol. The zero-order valence-corrected chi connectivity index (χ0v) is 16.6. The highest BCUT2D eigenvalue weighted by Gasteiger charge is 2.11. The zero-order valence-electron chi connectivity index (χ0n) is 15.8. The van der Waals surface area contributed by atoms with Gasteiger partial charge in [-0.15, -0.1) is 0 Å². The molecule has 7 nitrogen and oxygen atoms in total. The van der Waals surface area contributed by atoms with Crippen LogP contribution >= 0.6 is 11.6 Å². The lowest BCUT2D eigenvalue weighted by atomic mass is 10.1. The molecule has 0 unspecified atom stereocenters. The Hall–Kier alpha value is -3.03. The molecular formula is C21H21ClN6O. The van der Waals surface area contributed by atoms with Crippen molar-refractivity contribution in [3.05, 3.63) is 77.1 Å². The number of aromatic amines is 1. The number of carbonyl (C=O) groups is 1. The van der Waals surface area contributed by atoms with Gasteiger partial charge in [0.25, 0.3) is 0 Å². The fourth-order valence-electron chi connectivity index (χ4n) is 3.10. The average molecular weight is 409 g/mol. The first-order valence-electron chi connectivity index (χ1n) is 9.48. The number of nitrogens with zero attached hydrogens (tertiary/aromatic N) is 4. The lowest BCUT2D eigenvalue weighted by Gasteiger charge is -2.03. The summed E-state index contributed by atoms with van der Waals surface area (Å²) in [6, 6.07) is 11.5. The molecule has 0 saturated heterocycles. The lowest BCUT2D eigenvalue weighted by molar-refractivity contribution is 0.0982. The van der Waals surface area contributed by atoms with E-state index in [2.05, 4.69) is 25.4 Å². The first-order valence-corrected chi connectivity index (χ1v) is 9.86. The smallest absolute Gasteiger partial charge is 0.166 e. The van der Waals surface area contributed by atoms with Crippen molar-refractivity contribution in [1.29, 1.82) is 0 Å². The van der Waals surface area contributed by atoms with Gasteiger partial charge in [-0.25, -0.2) is 4.98 Å². The van der Waals surface area contributed by atoms with Gasteiger partial charge in [0, 0.05) is 25.4 Å². The number of pyridine rings is 1. The van der Waals surface area contributed by atoms with Crippen molar-refractivity contribution < 1.29 is 4.79 Å². The van der Waals surface area contributed by atoms with Gasteiger partial charge in [-0.2, -0.15) is 5.10 Å². The molecule has 0 spiro atoms. The summed E-state index contributed by atoms with van der Waals surface area (Å²) in [5.74, 6) is 0.934. The number of hydrogen-bond acceptors (Lipinski definition) is 5. The molecule has 0 fully saturated rings. The maximum absolute atomic E-state index is 12.4. The van der Waals surface area contributed by atoms with E-state index in [1.165, 1.54) is 0 Å². The molecule has 3 aromatic heterocycles. The number of rotatable bonds is 9. The number of imidazole rings is 1. The summed E-state index contributed by atoms with van der Waals surface area (Å²) in [7, 11) is 0. The van der Waals surface area contributed by atoms with Gasteiger partial charge in [0.1, 0.15) is 5.82 Å². The normalized spacial score (nSPS) is 11.2. The summed E-state index contributed by atoms with van der Waals surface area (Å²) in [6.45, 7) is 2.03. The molecule has 2 N–H and O–H groups in total. The van der Waals surface area contributed by atoms with Gasteiger partial charge in [0.15, 0.2) is 5.78 Å². The quantitative estimate of drug-likeness (QED) is 0.327. The molecule has 4 rings (SSSR count). The van der Waals surface area contributed by atoms with Crippen LogP contribution in [-0.2, 0) is 19.5 Å². The maximum atomic E-state index is 12.4. The Bertz CT molecular complexity index is 1090. The van der Waals surface area contributed by atoms with E-state index in [9.17, 15) is 4.79 Å². The number of halogens is 1. The minimum Gasteiger partial charge on any atom is -0.341 e. The van der Waals surface area contributed by atoms with Crippen molar-refractivity contribution in [2.75, 3.05) is 6.54 Å². The van der Waals surface area contributed by atoms with Crippen molar-refractivity contribution >= 4 is 28.4 Å². The highest BCUT2D eigenvalue weighted by Crippen LogP contribution is 2.15. The Morgan fingerprint density at radius 1 is 1.21 bits per heavy atom. The molecule has 0 radical (unpaired) electrons. The van der Waals surface area contributed by atoms with Crippen molar-refractivity contribution in [3.8, 4) is 0 Å². The van der Waals surface area contributed by atoms with Gasteiger partial charge in [0.2, 0.25) is 0 Å². The van der Waals surface area contributed by atoms with Crippen LogP contribution in [0.15, 0.2) is 55.0 Å². The lowest BCUT2D eigenvalue weighted by Crippen LogP contribution is -2.20. The van der Waals surface area contributed by atoms with E-state index in [0.717, 1.165) is 29.1 Å². The maximum Gasteiger partial charge on any atom is 0.166 e. The zero-order chi connectivity index (χ0) is 20.1. The summed E-state index contributed by atoms with van der Waals surface area (Å²) in [6.07, 6.45) is 5.95. The molecule has 0 aliphatic carbocycles. The van der Waals surface area contributed by atoms with E-state index >= 15 is 0 Å². The third-order valence-electron chi connectivity index (χ3n) is 4.63. The van der Waals surface area contributed by atoms with Crippen LogP contribution in [0.3, 0.4) is 0 Å². The van der Waals surface area contributed by atoms with Gasteiger partial charge in [0.05, 0.1) is 46.6 Å². The Morgan fingerprint density at radius 3 is 2.97 bits per heavy atom. The number of para-hydroxylation sites is 2. The van der Waals surface area contributed by atoms with E-state index in [4.69, 9.17) is 11.6 Å². The molecule has 148 valence electrons. The highest BCUT2D eigenvalue weighted by molar-refractivity contribution is 6.31. The Kier molecular flexibility index (Phi) is 5.97. The van der Waals surface area contributed by atoms with Crippen LogP contribution in [0.25, 0.3) is 11.0 Å². The second-order valence-corrected chi connectivity index (χ2v) is 7.13. The van der Waals surface area contributed by atoms with E-state index in [1.807, 2.05) is 24.3 Å². The summed E-state index contributed by atoms with van der Waals surface area (Å²) in [4.78, 5) is 24.4. The molecule has 0 saturated carbocycles. The molecular weight excluding hydrogens is 388 g/mol. The molecule has 0 aliphatic heterocycles. The molecule has 29 heavy (non-hydrogen) atoms. The first kappa shape index (κ1) is 19.3. The van der Waals surface area contributed by atoms with Crippen molar-refractivity contribution in [2.24, 2.45) is 0 Å². The molecule has 3 heterocycles. The van der Waals surface area contributed by atoms with Crippen LogP contribution in [0, 0.1) is 0 Å². The topological polar surface area (TPSA) is 88.5 Å². The number of nitrogens with one attached hydrogen (secondary N) is 2. The summed E-state index contributed by atoms with van der Waals surface area (Å²) >= 11 is 6.09. The number of fused-ring (bicyclic) bond motifs is 1. The third kappa shape index (κ3) is 4.88. The van der Waals surface area contributed by atoms with Crippen LogP contribution in [0.1, 0.15) is 28.3 Å². The van der Waals surface area contributed by atoms with Crippen molar-refractivity contribution in [3.63, 3.8) is 0 Å². The number of ketones is 1. The van der Waals surface area contributed by atoms with Gasteiger partial charge in [-0.05, 0) is 30.7 Å². The molecule has 0 bridgehead atoms.